The first-order chi connectivity index (χ1) is 13.6. The molecule has 4 fully saturated rings. The second-order valence-electron chi connectivity index (χ2n) is 10.1. The molecule has 8 atom stereocenters. The number of aliphatic hydroxyl groups is 3. The van der Waals surface area contributed by atoms with Gasteiger partial charge in [-0.25, -0.2) is 0 Å². The highest BCUT2D eigenvalue weighted by Crippen LogP contribution is 2.67. The van der Waals surface area contributed by atoms with Crippen molar-refractivity contribution in [3.8, 4) is 0 Å². The average Bonchev–Trinajstić information content (AvgIpc) is 2.93. The SMILES string of the molecule is C[C@]12CC[C@@H](O)C[C@H]1CC[C@@H]1[C@@H]2C(=O)C[C@@]2(C)[C@H]1CC[C@]2(O)C(=O)CO.ClCCl.N. The monoisotopic (exact) mass is 465 g/mol. The molecule has 4 aliphatic carbocycles. The van der Waals surface area contributed by atoms with Gasteiger partial charge in [0.15, 0.2) is 5.78 Å². The minimum atomic E-state index is -1.58. The molecular weight excluding hydrogens is 429 g/mol. The molecule has 0 radical (unpaired) electrons. The lowest BCUT2D eigenvalue weighted by molar-refractivity contribution is -0.180. The predicted molar refractivity (Wildman–Crippen MR) is 117 cm³/mol. The first-order valence-corrected chi connectivity index (χ1v) is 11.8. The molecule has 174 valence electrons. The second kappa shape index (κ2) is 9.32. The number of alkyl halides is 2. The van der Waals surface area contributed by atoms with Gasteiger partial charge in [-0.05, 0) is 68.1 Å². The molecule has 0 saturated heterocycles. The van der Waals surface area contributed by atoms with E-state index >= 15 is 0 Å². The van der Waals surface area contributed by atoms with Gasteiger partial charge in [-0.1, -0.05) is 13.8 Å². The maximum Gasteiger partial charge on any atom is 0.190 e. The summed E-state index contributed by atoms with van der Waals surface area (Å²) in [6, 6.07) is 0. The van der Waals surface area contributed by atoms with Crippen molar-refractivity contribution in [3.63, 3.8) is 0 Å². The lowest BCUT2D eigenvalue weighted by Gasteiger charge is -2.60. The zero-order valence-electron chi connectivity index (χ0n) is 18.1. The maximum atomic E-state index is 13.4. The Labute approximate surface area is 189 Å². The van der Waals surface area contributed by atoms with E-state index in [1.807, 2.05) is 6.92 Å². The first-order valence-electron chi connectivity index (χ1n) is 10.8. The molecule has 0 heterocycles. The maximum absolute atomic E-state index is 13.4. The molecule has 4 saturated carbocycles. The van der Waals surface area contributed by atoms with Crippen molar-refractivity contribution in [3.05, 3.63) is 0 Å². The van der Waals surface area contributed by atoms with Gasteiger partial charge >= 0.3 is 0 Å². The number of ketones is 2. The van der Waals surface area contributed by atoms with Crippen LogP contribution in [0.3, 0.4) is 0 Å². The van der Waals surface area contributed by atoms with Gasteiger partial charge in [0.1, 0.15) is 18.0 Å². The summed E-state index contributed by atoms with van der Waals surface area (Å²) >= 11 is 9.53. The standard InChI is InChI=1S/C21H32O5.CH2Cl2.H3N/c1-19-7-5-13(23)9-12(19)3-4-14-15-6-8-21(26,17(25)11-22)20(15,2)10-16(24)18(14)19;2-1-3;/h12-15,18,22-23,26H,3-11H2,1-2H3;1H2;1H3/t12-,13-,14+,15+,18-,19+,20+,21+;;/m1../s1. The molecule has 6 N–H and O–H groups in total. The molecule has 4 aliphatic rings. The molecular formula is C22H37Cl2NO5. The summed E-state index contributed by atoms with van der Waals surface area (Å²) in [5.74, 6) is 0.380. The van der Waals surface area contributed by atoms with Crippen molar-refractivity contribution in [2.45, 2.75) is 76.9 Å². The van der Waals surface area contributed by atoms with E-state index in [2.05, 4.69) is 6.92 Å². The fourth-order valence-electron chi connectivity index (χ4n) is 7.64. The first kappa shape index (κ1) is 26.0. The van der Waals surface area contributed by atoms with Gasteiger partial charge in [0, 0.05) is 17.8 Å². The fraction of sp³-hybridized carbons (Fsp3) is 0.909. The zero-order chi connectivity index (χ0) is 21.6. The van der Waals surface area contributed by atoms with Crippen LogP contribution in [0.15, 0.2) is 0 Å². The zero-order valence-corrected chi connectivity index (χ0v) is 19.6. The van der Waals surface area contributed by atoms with Gasteiger partial charge in [-0.2, -0.15) is 0 Å². The molecule has 6 nitrogen and oxygen atoms in total. The molecule has 0 bridgehead atoms. The van der Waals surface area contributed by atoms with E-state index in [1.54, 1.807) is 0 Å². The lowest BCUT2D eigenvalue weighted by Crippen LogP contribution is -2.62. The number of hydrogen-bond donors (Lipinski definition) is 4. The molecule has 0 aromatic rings. The van der Waals surface area contributed by atoms with Gasteiger partial charge in [0.25, 0.3) is 0 Å². The highest BCUT2D eigenvalue weighted by atomic mass is 35.5. The van der Waals surface area contributed by atoms with Gasteiger partial charge in [0.05, 0.1) is 11.4 Å². The largest absolute Gasteiger partial charge is 0.393 e. The average molecular weight is 466 g/mol. The number of carbonyl (C=O) groups excluding carboxylic acids is 2. The minimum absolute atomic E-state index is 0. The van der Waals surface area contributed by atoms with E-state index in [4.69, 9.17) is 23.2 Å². The third kappa shape index (κ3) is 3.75. The molecule has 0 amide bonds. The third-order valence-electron chi connectivity index (χ3n) is 9.08. The second-order valence-corrected chi connectivity index (χ2v) is 10.9. The van der Waals surface area contributed by atoms with Gasteiger partial charge in [-0.3, -0.25) is 9.59 Å². The summed E-state index contributed by atoms with van der Waals surface area (Å²) in [7, 11) is 0. The van der Waals surface area contributed by atoms with Crippen LogP contribution in [0.5, 0.6) is 0 Å². The predicted octanol–water partition coefficient (Wildman–Crippen LogP) is 3.45. The molecule has 0 spiro atoms. The third-order valence-corrected chi connectivity index (χ3v) is 9.08. The Morgan fingerprint density at radius 3 is 2.37 bits per heavy atom. The smallest absolute Gasteiger partial charge is 0.190 e. The van der Waals surface area contributed by atoms with Crippen LogP contribution in [-0.4, -0.2) is 50.5 Å². The molecule has 0 unspecified atom stereocenters. The number of Topliss-reactive ketones (excluding diaryl/α,β-unsaturated/α-hetero) is 2. The van der Waals surface area contributed by atoms with E-state index in [0.29, 0.717) is 12.3 Å². The van der Waals surface area contributed by atoms with Gasteiger partial charge in [-0.15, -0.1) is 23.2 Å². The summed E-state index contributed by atoms with van der Waals surface area (Å²) in [6.45, 7) is 3.46. The minimum Gasteiger partial charge on any atom is -0.393 e. The molecule has 4 rings (SSSR count). The number of rotatable bonds is 2. The molecule has 8 heteroatoms. The van der Waals surface area contributed by atoms with Crippen molar-refractivity contribution in [2.24, 2.45) is 34.5 Å². The number of hydrogen-bond acceptors (Lipinski definition) is 6. The lowest BCUT2D eigenvalue weighted by atomic mass is 9.44. The van der Waals surface area contributed by atoms with E-state index in [0.717, 1.165) is 38.5 Å². The van der Waals surface area contributed by atoms with Crippen molar-refractivity contribution < 1.29 is 24.9 Å². The van der Waals surface area contributed by atoms with Crippen LogP contribution in [0.4, 0.5) is 0 Å². The normalized spacial score (nSPS) is 47.0. The fourth-order valence-corrected chi connectivity index (χ4v) is 7.64. The molecule has 30 heavy (non-hydrogen) atoms. The van der Waals surface area contributed by atoms with Gasteiger partial charge < -0.3 is 21.5 Å². The number of halogens is 2. The van der Waals surface area contributed by atoms with Gasteiger partial charge in [0.2, 0.25) is 0 Å². The Morgan fingerprint density at radius 2 is 1.77 bits per heavy atom. The highest BCUT2D eigenvalue weighted by Gasteiger charge is 2.68. The summed E-state index contributed by atoms with van der Waals surface area (Å²) in [5, 5.41) is 30.8. The van der Waals surface area contributed by atoms with Crippen LogP contribution in [0.25, 0.3) is 0 Å². The number of aliphatic hydroxyl groups excluding tert-OH is 2. The van der Waals surface area contributed by atoms with E-state index in [-0.39, 0.29) is 53.0 Å². The molecule has 0 aromatic carbocycles. The van der Waals surface area contributed by atoms with Crippen LogP contribution in [0.1, 0.15) is 65.2 Å². The van der Waals surface area contributed by atoms with Crippen molar-refractivity contribution in [2.75, 3.05) is 11.9 Å². The Kier molecular flexibility index (Phi) is 8.08. The van der Waals surface area contributed by atoms with Crippen LogP contribution in [0, 0.1) is 34.5 Å². The Bertz CT molecular complexity index is 663. The van der Waals surface area contributed by atoms with E-state index < -0.39 is 23.4 Å². The van der Waals surface area contributed by atoms with Crippen molar-refractivity contribution in [1.29, 1.82) is 0 Å². The molecule has 0 aliphatic heterocycles. The van der Waals surface area contributed by atoms with Crippen LogP contribution in [0.2, 0.25) is 0 Å². The molecule has 0 aromatic heterocycles. The number of fused-ring (bicyclic) bond motifs is 5. The number of carbonyl (C=O) groups is 2. The highest BCUT2D eigenvalue weighted by molar-refractivity contribution is 6.40. The summed E-state index contributed by atoms with van der Waals surface area (Å²) in [4.78, 5) is 25.7. The van der Waals surface area contributed by atoms with Crippen molar-refractivity contribution in [1.82, 2.24) is 6.15 Å². The van der Waals surface area contributed by atoms with Crippen LogP contribution in [-0.2, 0) is 9.59 Å². The summed E-state index contributed by atoms with van der Waals surface area (Å²) in [5.41, 5.74) is -2.40. The Hall–Kier alpha value is -0.240. The quantitative estimate of drug-likeness (QED) is 0.462. The Morgan fingerprint density at radius 1 is 1.13 bits per heavy atom. The van der Waals surface area contributed by atoms with Crippen molar-refractivity contribution >= 4 is 34.8 Å². The van der Waals surface area contributed by atoms with E-state index in [1.165, 1.54) is 0 Å². The topological polar surface area (TPSA) is 130 Å². The Balaban J connectivity index is 0.000000757. The van der Waals surface area contributed by atoms with E-state index in [9.17, 15) is 24.9 Å². The van der Waals surface area contributed by atoms with Crippen LogP contribution >= 0.6 is 23.2 Å². The summed E-state index contributed by atoms with van der Waals surface area (Å²) in [6.07, 6.45) is 5.47. The van der Waals surface area contributed by atoms with Crippen LogP contribution < -0.4 is 6.15 Å². The summed E-state index contributed by atoms with van der Waals surface area (Å²) < 4.78 is 0.